The van der Waals surface area contributed by atoms with Crippen molar-refractivity contribution >= 4 is 17.3 Å². The van der Waals surface area contributed by atoms with Crippen LogP contribution in [0.3, 0.4) is 0 Å². The van der Waals surface area contributed by atoms with E-state index in [4.69, 9.17) is 11.6 Å². The Morgan fingerprint density at radius 3 is 2.57 bits per heavy atom. The average molecular weight is 312 g/mol. The Labute approximate surface area is 127 Å². The van der Waals surface area contributed by atoms with E-state index in [1.807, 2.05) is 38.1 Å². The van der Waals surface area contributed by atoms with Crippen LogP contribution >= 0.6 is 11.6 Å². The van der Waals surface area contributed by atoms with E-state index in [9.17, 15) is 8.78 Å². The summed E-state index contributed by atoms with van der Waals surface area (Å²) in [6, 6.07) is 12.3. The first-order chi connectivity index (χ1) is 9.95. The number of alkyl halides is 2. The molecule has 0 spiro atoms. The second-order valence-electron chi connectivity index (χ2n) is 4.78. The summed E-state index contributed by atoms with van der Waals surface area (Å²) >= 11 is 6.08. The molecular weight excluding hydrogens is 296 g/mol. The summed E-state index contributed by atoms with van der Waals surface area (Å²) in [4.78, 5) is 0. The largest absolute Gasteiger partial charge is 0.435 e. The fourth-order valence-electron chi connectivity index (χ4n) is 1.98. The zero-order chi connectivity index (χ0) is 15.4. The van der Waals surface area contributed by atoms with E-state index in [1.54, 1.807) is 12.1 Å². The summed E-state index contributed by atoms with van der Waals surface area (Å²) in [7, 11) is 0. The SMILES string of the molecule is Cc1ccc(NC(C)c2cccc(OC(F)F)c2)cc1Cl. The zero-order valence-corrected chi connectivity index (χ0v) is 12.5. The molecule has 21 heavy (non-hydrogen) atoms. The van der Waals surface area contributed by atoms with Gasteiger partial charge in [-0.2, -0.15) is 8.78 Å². The maximum absolute atomic E-state index is 12.2. The molecule has 0 saturated heterocycles. The Balaban J connectivity index is 2.12. The van der Waals surface area contributed by atoms with Gasteiger partial charge < -0.3 is 10.1 Å². The molecule has 0 aliphatic carbocycles. The molecule has 0 heterocycles. The van der Waals surface area contributed by atoms with Crippen LogP contribution in [0.5, 0.6) is 5.75 Å². The van der Waals surface area contributed by atoms with E-state index in [-0.39, 0.29) is 11.8 Å². The number of hydrogen-bond acceptors (Lipinski definition) is 2. The third-order valence-corrected chi connectivity index (χ3v) is 3.55. The molecule has 1 N–H and O–H groups in total. The van der Waals surface area contributed by atoms with Crippen molar-refractivity contribution in [3.63, 3.8) is 0 Å². The molecule has 0 aromatic heterocycles. The lowest BCUT2D eigenvalue weighted by Gasteiger charge is -2.17. The Bertz CT molecular complexity index is 619. The van der Waals surface area contributed by atoms with E-state index in [1.165, 1.54) is 6.07 Å². The maximum Gasteiger partial charge on any atom is 0.387 e. The standard InChI is InChI=1S/C16H16ClF2NO/c1-10-6-7-13(9-15(10)17)20-11(2)12-4-3-5-14(8-12)21-16(18)19/h3-9,11,16,20H,1-2H3. The van der Waals surface area contributed by atoms with E-state index < -0.39 is 6.61 Å². The molecule has 0 bridgehead atoms. The molecule has 5 heteroatoms. The van der Waals surface area contributed by atoms with E-state index in [0.29, 0.717) is 5.02 Å². The third-order valence-electron chi connectivity index (χ3n) is 3.14. The van der Waals surface area contributed by atoms with Gasteiger partial charge in [0.05, 0.1) is 0 Å². The first kappa shape index (κ1) is 15.6. The summed E-state index contributed by atoms with van der Waals surface area (Å²) in [5.41, 5.74) is 2.73. The van der Waals surface area contributed by atoms with Crippen LogP contribution in [-0.4, -0.2) is 6.61 Å². The second-order valence-corrected chi connectivity index (χ2v) is 5.19. The van der Waals surface area contributed by atoms with Gasteiger partial charge in [-0.1, -0.05) is 29.8 Å². The normalized spacial score (nSPS) is 12.3. The molecule has 2 rings (SSSR count). The number of anilines is 1. The van der Waals surface area contributed by atoms with Crippen molar-refractivity contribution in [2.75, 3.05) is 5.32 Å². The highest BCUT2D eigenvalue weighted by molar-refractivity contribution is 6.31. The minimum Gasteiger partial charge on any atom is -0.435 e. The summed E-state index contributed by atoms with van der Waals surface area (Å²) in [5, 5.41) is 3.96. The quantitative estimate of drug-likeness (QED) is 0.795. The first-order valence-corrected chi connectivity index (χ1v) is 6.91. The van der Waals surface area contributed by atoms with Crippen molar-refractivity contribution in [3.8, 4) is 5.75 Å². The summed E-state index contributed by atoms with van der Waals surface area (Å²) < 4.78 is 28.9. The van der Waals surface area contributed by atoms with Crippen molar-refractivity contribution in [1.29, 1.82) is 0 Å². The number of halogens is 3. The Morgan fingerprint density at radius 2 is 1.90 bits per heavy atom. The molecule has 2 aromatic rings. The van der Waals surface area contributed by atoms with E-state index in [0.717, 1.165) is 16.8 Å². The Kier molecular flexibility index (Phi) is 5.02. The van der Waals surface area contributed by atoms with Crippen molar-refractivity contribution < 1.29 is 13.5 Å². The first-order valence-electron chi connectivity index (χ1n) is 6.53. The number of aryl methyl sites for hydroxylation is 1. The fraction of sp³-hybridized carbons (Fsp3) is 0.250. The maximum atomic E-state index is 12.2. The number of ether oxygens (including phenoxy) is 1. The fourth-order valence-corrected chi connectivity index (χ4v) is 2.16. The van der Waals surface area contributed by atoms with Crippen molar-refractivity contribution in [3.05, 3.63) is 58.6 Å². The van der Waals surface area contributed by atoms with Gasteiger partial charge in [0.25, 0.3) is 0 Å². The zero-order valence-electron chi connectivity index (χ0n) is 11.7. The molecule has 112 valence electrons. The van der Waals surface area contributed by atoms with Gasteiger partial charge in [-0.15, -0.1) is 0 Å². The van der Waals surface area contributed by atoms with Crippen LogP contribution in [0.2, 0.25) is 5.02 Å². The summed E-state index contributed by atoms with van der Waals surface area (Å²) in [5.74, 6) is 0.151. The lowest BCUT2D eigenvalue weighted by molar-refractivity contribution is -0.0498. The lowest BCUT2D eigenvalue weighted by Crippen LogP contribution is -2.08. The van der Waals surface area contributed by atoms with Crippen LogP contribution in [0.4, 0.5) is 14.5 Å². The number of nitrogens with one attached hydrogen (secondary N) is 1. The highest BCUT2D eigenvalue weighted by Gasteiger charge is 2.09. The van der Waals surface area contributed by atoms with Crippen molar-refractivity contribution in [2.24, 2.45) is 0 Å². The highest BCUT2D eigenvalue weighted by atomic mass is 35.5. The van der Waals surface area contributed by atoms with Gasteiger partial charge in [0, 0.05) is 16.8 Å². The molecule has 0 saturated carbocycles. The third kappa shape index (κ3) is 4.33. The molecule has 0 radical (unpaired) electrons. The lowest BCUT2D eigenvalue weighted by atomic mass is 10.1. The van der Waals surface area contributed by atoms with Crippen LogP contribution in [0.25, 0.3) is 0 Å². The molecule has 2 nitrogen and oxygen atoms in total. The van der Waals surface area contributed by atoms with E-state index in [2.05, 4.69) is 10.1 Å². The Morgan fingerprint density at radius 1 is 1.14 bits per heavy atom. The van der Waals surface area contributed by atoms with Crippen molar-refractivity contribution in [2.45, 2.75) is 26.5 Å². The van der Waals surface area contributed by atoms with Crippen LogP contribution < -0.4 is 10.1 Å². The predicted molar refractivity (Wildman–Crippen MR) is 81.3 cm³/mol. The topological polar surface area (TPSA) is 21.3 Å². The van der Waals surface area contributed by atoms with Crippen molar-refractivity contribution in [1.82, 2.24) is 0 Å². The van der Waals surface area contributed by atoms with Gasteiger partial charge >= 0.3 is 6.61 Å². The van der Waals surface area contributed by atoms with Gasteiger partial charge in [-0.25, -0.2) is 0 Å². The van der Waals surface area contributed by atoms with Crippen LogP contribution in [0.15, 0.2) is 42.5 Å². The second kappa shape index (κ2) is 6.76. The van der Waals surface area contributed by atoms with Crippen LogP contribution in [-0.2, 0) is 0 Å². The predicted octanol–water partition coefficient (Wildman–Crippen LogP) is 5.42. The monoisotopic (exact) mass is 311 g/mol. The molecule has 0 aliphatic rings. The van der Waals surface area contributed by atoms with Crippen LogP contribution in [0.1, 0.15) is 24.1 Å². The molecule has 2 aromatic carbocycles. The van der Waals surface area contributed by atoms with Gasteiger partial charge in [-0.3, -0.25) is 0 Å². The number of hydrogen-bond donors (Lipinski definition) is 1. The molecule has 1 atom stereocenters. The molecule has 0 fully saturated rings. The number of benzene rings is 2. The Hall–Kier alpha value is -1.81. The smallest absolute Gasteiger partial charge is 0.387 e. The van der Waals surface area contributed by atoms with E-state index >= 15 is 0 Å². The van der Waals surface area contributed by atoms with Gasteiger partial charge in [0.1, 0.15) is 5.75 Å². The molecule has 0 aliphatic heterocycles. The minimum atomic E-state index is -2.82. The summed E-state index contributed by atoms with van der Waals surface area (Å²) in [6.45, 7) is 1.05. The molecule has 0 amide bonds. The molecule has 1 unspecified atom stereocenters. The van der Waals surface area contributed by atoms with Gasteiger partial charge in [0.2, 0.25) is 0 Å². The van der Waals surface area contributed by atoms with Gasteiger partial charge in [-0.05, 0) is 49.2 Å². The summed E-state index contributed by atoms with van der Waals surface area (Å²) in [6.07, 6.45) is 0. The number of rotatable bonds is 5. The van der Waals surface area contributed by atoms with Crippen LogP contribution in [0, 0.1) is 6.92 Å². The highest BCUT2D eigenvalue weighted by Crippen LogP contribution is 2.26. The van der Waals surface area contributed by atoms with Gasteiger partial charge in [0.15, 0.2) is 0 Å². The molecular formula is C16H16ClF2NO. The minimum absolute atomic E-state index is 0.0648. The average Bonchev–Trinajstić information content (AvgIpc) is 2.42.